The molecule has 0 aromatic carbocycles. The fraction of sp³-hybridized carbons (Fsp3) is 0.545. The smallest absolute Gasteiger partial charge is 0.152 e. The lowest BCUT2D eigenvalue weighted by molar-refractivity contribution is 0.436. The summed E-state index contributed by atoms with van der Waals surface area (Å²) in [6, 6.07) is 2.07. The van der Waals surface area contributed by atoms with Crippen molar-refractivity contribution in [2.45, 2.75) is 19.8 Å². The van der Waals surface area contributed by atoms with E-state index in [-0.39, 0.29) is 5.15 Å². The number of nitriles is 1. The zero-order valence-electron chi connectivity index (χ0n) is 9.15. The Bertz CT molecular complexity index is 418. The Morgan fingerprint density at radius 1 is 1.44 bits per heavy atom. The first kappa shape index (κ1) is 11.2. The number of piperidine rings is 1. The van der Waals surface area contributed by atoms with Crippen molar-refractivity contribution in [2.24, 2.45) is 5.92 Å². The van der Waals surface area contributed by atoms with Crippen LogP contribution in [0.25, 0.3) is 0 Å². The lowest BCUT2D eigenvalue weighted by Crippen LogP contribution is -2.34. The lowest BCUT2D eigenvalue weighted by atomic mass is 9.99. The van der Waals surface area contributed by atoms with E-state index in [9.17, 15) is 0 Å². The van der Waals surface area contributed by atoms with Crippen LogP contribution in [0.15, 0.2) is 6.33 Å². The molecule has 84 valence electrons. The Hall–Kier alpha value is -1.34. The molecule has 0 spiro atoms. The Morgan fingerprint density at radius 3 is 2.75 bits per heavy atom. The van der Waals surface area contributed by atoms with Gasteiger partial charge in [0.25, 0.3) is 0 Å². The Morgan fingerprint density at radius 2 is 2.12 bits per heavy atom. The highest BCUT2D eigenvalue weighted by Crippen LogP contribution is 2.26. The zero-order chi connectivity index (χ0) is 11.5. The molecule has 1 fully saturated rings. The van der Waals surface area contributed by atoms with Crippen molar-refractivity contribution in [3.05, 3.63) is 17.0 Å². The van der Waals surface area contributed by atoms with Gasteiger partial charge in [0.1, 0.15) is 18.0 Å². The second-order valence-corrected chi connectivity index (χ2v) is 4.50. The fourth-order valence-corrected chi connectivity index (χ4v) is 2.08. The minimum Gasteiger partial charge on any atom is -0.355 e. The quantitative estimate of drug-likeness (QED) is 0.702. The minimum absolute atomic E-state index is 0.242. The van der Waals surface area contributed by atoms with E-state index in [1.807, 2.05) is 0 Å². The number of rotatable bonds is 1. The van der Waals surface area contributed by atoms with E-state index in [0.717, 1.165) is 31.8 Å². The Balaban J connectivity index is 2.27. The van der Waals surface area contributed by atoms with Crippen molar-refractivity contribution in [3.63, 3.8) is 0 Å². The first-order valence-electron chi connectivity index (χ1n) is 5.38. The molecule has 5 heteroatoms. The molecule has 16 heavy (non-hydrogen) atoms. The van der Waals surface area contributed by atoms with Gasteiger partial charge in [-0.25, -0.2) is 9.97 Å². The van der Waals surface area contributed by atoms with Crippen LogP contribution in [0.1, 0.15) is 25.3 Å². The van der Waals surface area contributed by atoms with Gasteiger partial charge in [-0.15, -0.1) is 0 Å². The van der Waals surface area contributed by atoms with Crippen LogP contribution >= 0.6 is 11.6 Å². The molecule has 1 aliphatic rings. The number of nitrogens with zero attached hydrogens (tertiary/aromatic N) is 4. The largest absolute Gasteiger partial charge is 0.355 e. The van der Waals surface area contributed by atoms with Gasteiger partial charge >= 0.3 is 0 Å². The maximum atomic E-state index is 9.04. The number of hydrogen-bond donors (Lipinski definition) is 0. The molecule has 0 amide bonds. The van der Waals surface area contributed by atoms with E-state index in [4.69, 9.17) is 16.9 Å². The highest BCUT2D eigenvalue weighted by molar-refractivity contribution is 6.30. The standard InChI is InChI=1S/C11H13ClN4/c1-8-2-4-16(5-3-8)11-9(6-13)10(12)14-7-15-11/h7-8H,2-5H2,1H3. The second-order valence-electron chi connectivity index (χ2n) is 4.14. The SMILES string of the molecule is CC1CCN(c2ncnc(Cl)c2C#N)CC1. The zero-order valence-corrected chi connectivity index (χ0v) is 9.91. The molecule has 2 heterocycles. The highest BCUT2D eigenvalue weighted by atomic mass is 35.5. The van der Waals surface area contributed by atoms with Crippen LogP contribution in [0.3, 0.4) is 0 Å². The van der Waals surface area contributed by atoms with Crippen LogP contribution in [0.4, 0.5) is 5.82 Å². The molecule has 0 unspecified atom stereocenters. The molecule has 1 aromatic heterocycles. The average molecular weight is 237 g/mol. The molecule has 0 atom stereocenters. The van der Waals surface area contributed by atoms with Crippen molar-refractivity contribution in [1.82, 2.24) is 9.97 Å². The van der Waals surface area contributed by atoms with Gasteiger partial charge in [0, 0.05) is 13.1 Å². The minimum atomic E-state index is 0.242. The first-order valence-corrected chi connectivity index (χ1v) is 5.75. The van der Waals surface area contributed by atoms with Crippen molar-refractivity contribution >= 4 is 17.4 Å². The van der Waals surface area contributed by atoms with Gasteiger partial charge in [-0.2, -0.15) is 5.26 Å². The summed E-state index contributed by atoms with van der Waals surface area (Å²) < 4.78 is 0. The van der Waals surface area contributed by atoms with E-state index in [0.29, 0.717) is 11.4 Å². The highest BCUT2D eigenvalue weighted by Gasteiger charge is 2.21. The maximum absolute atomic E-state index is 9.04. The molecule has 0 saturated carbocycles. The summed E-state index contributed by atoms with van der Waals surface area (Å²) in [5.74, 6) is 1.42. The van der Waals surface area contributed by atoms with E-state index < -0.39 is 0 Å². The molecule has 0 bridgehead atoms. The molecular formula is C11H13ClN4. The monoisotopic (exact) mass is 236 g/mol. The van der Waals surface area contributed by atoms with Crippen molar-refractivity contribution in [3.8, 4) is 6.07 Å². The van der Waals surface area contributed by atoms with Gasteiger partial charge in [0.15, 0.2) is 11.0 Å². The normalized spacial score (nSPS) is 17.2. The number of halogens is 1. The maximum Gasteiger partial charge on any atom is 0.152 e. The third-order valence-electron chi connectivity index (χ3n) is 2.98. The van der Waals surface area contributed by atoms with Crippen LogP contribution < -0.4 is 4.90 Å². The third kappa shape index (κ3) is 2.10. The van der Waals surface area contributed by atoms with Crippen molar-refractivity contribution in [1.29, 1.82) is 5.26 Å². The molecule has 4 nitrogen and oxygen atoms in total. The number of anilines is 1. The number of hydrogen-bond acceptors (Lipinski definition) is 4. The summed E-state index contributed by atoms with van der Waals surface area (Å²) in [6.07, 6.45) is 3.68. The van der Waals surface area contributed by atoms with Gasteiger partial charge in [0.2, 0.25) is 0 Å². The van der Waals surface area contributed by atoms with Gasteiger partial charge in [-0.3, -0.25) is 0 Å². The predicted molar refractivity (Wildman–Crippen MR) is 62.4 cm³/mol. The molecule has 2 rings (SSSR count). The first-order chi connectivity index (χ1) is 7.72. The lowest BCUT2D eigenvalue weighted by Gasteiger charge is -2.31. The van der Waals surface area contributed by atoms with Crippen LogP contribution in [-0.2, 0) is 0 Å². The van der Waals surface area contributed by atoms with Crippen molar-refractivity contribution in [2.75, 3.05) is 18.0 Å². The van der Waals surface area contributed by atoms with Gasteiger partial charge in [0.05, 0.1) is 0 Å². The molecule has 0 radical (unpaired) electrons. The predicted octanol–water partition coefficient (Wildman–Crippen LogP) is 2.24. The van der Waals surface area contributed by atoms with E-state index in [1.54, 1.807) is 0 Å². The molecule has 1 aliphatic heterocycles. The summed E-state index contributed by atoms with van der Waals surface area (Å²) in [4.78, 5) is 10.1. The summed E-state index contributed by atoms with van der Waals surface area (Å²) in [7, 11) is 0. The Labute approximate surface area is 99.9 Å². The molecule has 1 aromatic rings. The van der Waals surface area contributed by atoms with Crippen molar-refractivity contribution < 1.29 is 0 Å². The van der Waals surface area contributed by atoms with Gasteiger partial charge in [-0.1, -0.05) is 18.5 Å². The summed E-state index contributed by atoms with van der Waals surface area (Å²) in [5, 5.41) is 9.28. The topological polar surface area (TPSA) is 52.8 Å². The molecule has 1 saturated heterocycles. The van der Waals surface area contributed by atoms with Crippen LogP contribution in [0, 0.1) is 17.2 Å². The molecular weight excluding hydrogens is 224 g/mol. The van der Waals surface area contributed by atoms with Crippen LogP contribution in [-0.4, -0.2) is 23.1 Å². The average Bonchev–Trinajstić information content (AvgIpc) is 2.30. The van der Waals surface area contributed by atoms with E-state index in [2.05, 4.69) is 27.9 Å². The van der Waals surface area contributed by atoms with Crippen LogP contribution in [0.2, 0.25) is 5.15 Å². The van der Waals surface area contributed by atoms with E-state index >= 15 is 0 Å². The van der Waals surface area contributed by atoms with Gasteiger partial charge < -0.3 is 4.90 Å². The van der Waals surface area contributed by atoms with Gasteiger partial charge in [-0.05, 0) is 18.8 Å². The summed E-state index contributed by atoms with van der Waals surface area (Å²) in [6.45, 7) is 4.11. The third-order valence-corrected chi connectivity index (χ3v) is 3.26. The molecule has 0 N–H and O–H groups in total. The summed E-state index contributed by atoms with van der Waals surface area (Å²) >= 11 is 5.88. The van der Waals surface area contributed by atoms with Crippen LogP contribution in [0.5, 0.6) is 0 Å². The molecule has 0 aliphatic carbocycles. The number of aromatic nitrogens is 2. The second kappa shape index (κ2) is 4.67. The summed E-state index contributed by atoms with van der Waals surface area (Å²) in [5.41, 5.74) is 0.388. The van der Waals surface area contributed by atoms with E-state index in [1.165, 1.54) is 6.33 Å². The Kier molecular flexibility index (Phi) is 3.25. The fourth-order valence-electron chi connectivity index (χ4n) is 1.91.